The number of hydrogen-bond donors (Lipinski definition) is 1. The van der Waals surface area contributed by atoms with Crippen LogP contribution < -0.4 is 5.32 Å². The number of aromatic nitrogens is 2. The average Bonchev–Trinajstić information content (AvgIpc) is 3.26. The highest BCUT2D eigenvalue weighted by Crippen LogP contribution is 2.44. The van der Waals surface area contributed by atoms with Gasteiger partial charge in [0.05, 0.1) is 16.4 Å². The predicted octanol–water partition coefficient (Wildman–Crippen LogP) is 5.75. The van der Waals surface area contributed by atoms with Crippen LogP contribution in [0.15, 0.2) is 50.9 Å². The van der Waals surface area contributed by atoms with Gasteiger partial charge >= 0.3 is 5.97 Å². The van der Waals surface area contributed by atoms with E-state index < -0.39 is 16.8 Å². The molecule has 35 heavy (non-hydrogen) atoms. The van der Waals surface area contributed by atoms with Crippen molar-refractivity contribution < 1.29 is 18.9 Å². The van der Waals surface area contributed by atoms with Gasteiger partial charge in [-0.2, -0.15) is 0 Å². The number of rotatable bonds is 7. The molecule has 1 aliphatic carbocycles. The highest BCUT2D eigenvalue weighted by atomic mass is 32.2. The number of hydrogen-bond acceptors (Lipinski definition) is 9. The Morgan fingerprint density at radius 2 is 1.94 bits per heavy atom. The average molecular weight is 499 g/mol. The van der Waals surface area contributed by atoms with E-state index in [1.807, 2.05) is 27.7 Å². The molecule has 10 heteroatoms. The molecule has 0 spiro atoms. The summed E-state index contributed by atoms with van der Waals surface area (Å²) in [6, 6.07) is 6.32. The molecule has 186 valence electrons. The monoisotopic (exact) mass is 498 g/mol. The molecule has 1 atom stereocenters. The summed E-state index contributed by atoms with van der Waals surface area (Å²) in [7, 11) is 0. The van der Waals surface area contributed by atoms with E-state index in [9.17, 15) is 14.9 Å². The number of carbonyl (C=O) groups excluding carboxylic acids is 1. The molecular weight excluding hydrogens is 468 g/mol. The van der Waals surface area contributed by atoms with Crippen molar-refractivity contribution in [3.8, 4) is 0 Å². The van der Waals surface area contributed by atoms with Gasteiger partial charge in [-0.05, 0) is 45.1 Å². The van der Waals surface area contributed by atoms with Gasteiger partial charge in [-0.25, -0.2) is 4.79 Å². The fourth-order valence-electron chi connectivity index (χ4n) is 4.67. The molecule has 1 saturated carbocycles. The standard InChI is InChI=1S/C25H30N4O5S/c1-14(2)35-25-28-27-23(34-25)20-15(3)26-16(4)21(24(30)33-19-11-6-5-7-12-19)22(20)17-9-8-10-18(13-17)29(31)32/h8-10,13-14,19,22,26H,5-7,11-12H2,1-4H3. The van der Waals surface area contributed by atoms with Crippen LogP contribution in [0.25, 0.3) is 5.57 Å². The van der Waals surface area contributed by atoms with Crippen LogP contribution in [-0.4, -0.2) is 32.4 Å². The molecule has 1 fully saturated rings. The maximum Gasteiger partial charge on any atom is 0.337 e. The summed E-state index contributed by atoms with van der Waals surface area (Å²) in [5, 5.41) is 23.9. The third-order valence-electron chi connectivity index (χ3n) is 6.19. The number of allylic oxidation sites excluding steroid dienone is 3. The van der Waals surface area contributed by atoms with E-state index in [0.717, 1.165) is 37.8 Å². The minimum atomic E-state index is -0.662. The van der Waals surface area contributed by atoms with E-state index >= 15 is 0 Å². The number of thioether (sulfide) groups is 1. The number of nitrogens with zero attached hydrogens (tertiary/aromatic N) is 3. The number of non-ortho nitro benzene ring substituents is 1. The van der Waals surface area contributed by atoms with Crippen LogP contribution >= 0.6 is 11.8 Å². The van der Waals surface area contributed by atoms with Crippen LogP contribution in [0.3, 0.4) is 0 Å². The molecule has 1 aliphatic heterocycles. The minimum absolute atomic E-state index is 0.0581. The van der Waals surface area contributed by atoms with Crippen LogP contribution in [0.4, 0.5) is 5.69 Å². The molecule has 4 rings (SSSR count). The maximum absolute atomic E-state index is 13.6. The summed E-state index contributed by atoms with van der Waals surface area (Å²) < 4.78 is 11.9. The summed E-state index contributed by atoms with van der Waals surface area (Å²) in [6.45, 7) is 7.74. The molecule has 1 aromatic heterocycles. The Bertz CT molecular complexity index is 1180. The van der Waals surface area contributed by atoms with E-state index in [-0.39, 0.29) is 22.9 Å². The number of nitrogens with one attached hydrogen (secondary N) is 1. The van der Waals surface area contributed by atoms with Crippen molar-refractivity contribution in [1.82, 2.24) is 15.5 Å². The molecule has 1 unspecified atom stereocenters. The molecule has 0 saturated heterocycles. The SMILES string of the molecule is CC1=C(C(=O)OC2CCCCC2)C(c2cccc([N+](=O)[O-])c2)C(c2nnc(SC(C)C)o2)=C(C)N1. The van der Waals surface area contributed by atoms with E-state index in [1.54, 1.807) is 12.1 Å². The lowest BCUT2D eigenvalue weighted by Crippen LogP contribution is -2.31. The second kappa shape index (κ2) is 10.6. The smallest absolute Gasteiger partial charge is 0.337 e. The van der Waals surface area contributed by atoms with Gasteiger partial charge in [0.15, 0.2) is 0 Å². The Kier molecular flexibility index (Phi) is 7.59. The zero-order valence-electron chi connectivity index (χ0n) is 20.4. The molecule has 1 aromatic carbocycles. The fourth-order valence-corrected chi connectivity index (χ4v) is 5.28. The van der Waals surface area contributed by atoms with Gasteiger partial charge in [0.1, 0.15) is 6.10 Å². The van der Waals surface area contributed by atoms with Crippen molar-refractivity contribution in [2.75, 3.05) is 0 Å². The molecule has 0 radical (unpaired) electrons. The van der Waals surface area contributed by atoms with Gasteiger partial charge in [0.2, 0.25) is 5.89 Å². The van der Waals surface area contributed by atoms with Gasteiger partial charge in [-0.15, -0.1) is 10.2 Å². The number of carbonyl (C=O) groups is 1. The zero-order chi connectivity index (χ0) is 25.1. The van der Waals surface area contributed by atoms with Gasteiger partial charge < -0.3 is 14.5 Å². The van der Waals surface area contributed by atoms with E-state index in [4.69, 9.17) is 9.15 Å². The van der Waals surface area contributed by atoms with Gasteiger partial charge in [0.25, 0.3) is 10.9 Å². The van der Waals surface area contributed by atoms with Crippen LogP contribution in [0, 0.1) is 10.1 Å². The molecule has 0 amide bonds. The molecular formula is C25H30N4O5S. The van der Waals surface area contributed by atoms with E-state index in [0.29, 0.717) is 27.6 Å². The normalized spacial score (nSPS) is 19.2. The fraction of sp³-hybridized carbons (Fsp3) is 0.480. The summed E-state index contributed by atoms with van der Waals surface area (Å²) in [6.07, 6.45) is 4.77. The number of dihydropyridines is 1. The topological polar surface area (TPSA) is 120 Å². The highest BCUT2D eigenvalue weighted by Gasteiger charge is 2.38. The van der Waals surface area contributed by atoms with Crippen molar-refractivity contribution in [3.63, 3.8) is 0 Å². The summed E-state index contributed by atoms with van der Waals surface area (Å²) in [4.78, 5) is 24.7. The first-order valence-corrected chi connectivity index (χ1v) is 12.8. The molecule has 9 nitrogen and oxygen atoms in total. The Hall–Kier alpha value is -3.14. The van der Waals surface area contributed by atoms with Gasteiger partial charge in [-0.1, -0.05) is 44.2 Å². The lowest BCUT2D eigenvalue weighted by molar-refractivity contribution is -0.384. The Morgan fingerprint density at radius 3 is 2.63 bits per heavy atom. The largest absolute Gasteiger partial charge is 0.459 e. The maximum atomic E-state index is 13.6. The number of ether oxygens (including phenoxy) is 1. The first kappa shape index (κ1) is 25.0. The molecule has 1 N–H and O–H groups in total. The van der Waals surface area contributed by atoms with Crippen LogP contribution in [-0.2, 0) is 9.53 Å². The Morgan fingerprint density at radius 1 is 1.20 bits per heavy atom. The first-order valence-electron chi connectivity index (χ1n) is 11.9. The number of esters is 1. The second-order valence-electron chi connectivity index (χ2n) is 9.19. The lowest BCUT2D eigenvalue weighted by atomic mass is 9.80. The third-order valence-corrected chi connectivity index (χ3v) is 7.03. The predicted molar refractivity (Wildman–Crippen MR) is 133 cm³/mol. The third kappa shape index (κ3) is 5.58. The Labute approximate surface area is 208 Å². The van der Waals surface area contributed by atoms with Crippen LogP contribution in [0.1, 0.15) is 77.2 Å². The van der Waals surface area contributed by atoms with Gasteiger partial charge in [0, 0.05) is 34.3 Å². The van der Waals surface area contributed by atoms with E-state index in [1.165, 1.54) is 23.9 Å². The molecule has 2 aliphatic rings. The number of nitro groups is 1. The summed E-state index contributed by atoms with van der Waals surface area (Å²) in [5.74, 6) is -0.825. The minimum Gasteiger partial charge on any atom is -0.459 e. The summed E-state index contributed by atoms with van der Waals surface area (Å²) >= 11 is 1.44. The van der Waals surface area contributed by atoms with Crippen LogP contribution in [0.2, 0.25) is 0 Å². The van der Waals surface area contributed by atoms with Crippen molar-refractivity contribution in [2.45, 2.75) is 82.3 Å². The second-order valence-corrected chi connectivity index (χ2v) is 10.7. The van der Waals surface area contributed by atoms with Crippen molar-refractivity contribution >= 4 is 29.0 Å². The van der Waals surface area contributed by atoms with Crippen molar-refractivity contribution in [3.05, 3.63) is 62.8 Å². The number of nitro benzene ring substituents is 1. The molecule has 2 aromatic rings. The Balaban J connectivity index is 1.79. The van der Waals surface area contributed by atoms with Crippen molar-refractivity contribution in [2.24, 2.45) is 0 Å². The summed E-state index contributed by atoms with van der Waals surface area (Å²) in [5.41, 5.74) is 2.90. The van der Waals surface area contributed by atoms with Gasteiger partial charge in [-0.3, -0.25) is 10.1 Å². The highest BCUT2D eigenvalue weighted by molar-refractivity contribution is 7.99. The van der Waals surface area contributed by atoms with E-state index in [2.05, 4.69) is 15.5 Å². The molecule has 2 heterocycles. The quantitative estimate of drug-likeness (QED) is 0.220. The first-order chi connectivity index (χ1) is 16.7. The lowest BCUT2D eigenvalue weighted by Gasteiger charge is -2.31. The van der Waals surface area contributed by atoms with Crippen LogP contribution in [0.5, 0.6) is 0 Å². The zero-order valence-corrected chi connectivity index (χ0v) is 21.2. The molecule has 0 bridgehead atoms. The van der Waals surface area contributed by atoms with Crippen molar-refractivity contribution in [1.29, 1.82) is 0 Å². The number of benzene rings is 1.